The van der Waals surface area contributed by atoms with Gasteiger partial charge in [0.25, 0.3) is 5.91 Å². The van der Waals surface area contributed by atoms with Crippen LogP contribution in [0.3, 0.4) is 0 Å². The maximum absolute atomic E-state index is 13.6. The van der Waals surface area contributed by atoms with E-state index in [0.717, 1.165) is 11.1 Å². The van der Waals surface area contributed by atoms with E-state index in [-0.39, 0.29) is 23.3 Å². The fourth-order valence-corrected chi connectivity index (χ4v) is 5.32. The lowest BCUT2D eigenvalue weighted by atomic mass is 10.0. The Balaban J connectivity index is 1.22. The molecule has 0 aliphatic carbocycles. The molecule has 1 saturated heterocycles. The number of halogens is 2. The van der Waals surface area contributed by atoms with Gasteiger partial charge in [-0.3, -0.25) is 19.7 Å². The third kappa shape index (κ3) is 5.11. The van der Waals surface area contributed by atoms with Crippen LogP contribution in [0.4, 0.5) is 21.6 Å². The molecule has 3 N–H and O–H groups in total. The van der Waals surface area contributed by atoms with Crippen LogP contribution in [0, 0.1) is 5.82 Å². The molecule has 1 aromatic heterocycles. The first-order valence-electron chi connectivity index (χ1n) is 12.9. The summed E-state index contributed by atoms with van der Waals surface area (Å²) in [5, 5.41) is 9.58. The summed E-state index contributed by atoms with van der Waals surface area (Å²) in [4.78, 5) is 47.1. The van der Waals surface area contributed by atoms with Crippen molar-refractivity contribution in [2.45, 2.75) is 32.0 Å². The highest BCUT2D eigenvalue weighted by Crippen LogP contribution is 2.34. The highest BCUT2D eigenvalue weighted by atomic mass is 35.5. The van der Waals surface area contributed by atoms with E-state index >= 15 is 0 Å². The molecular weight excluding hydrogens is 551 g/mol. The summed E-state index contributed by atoms with van der Waals surface area (Å²) < 4.78 is 19.2. The second-order valence-electron chi connectivity index (χ2n) is 9.79. The Hall–Kier alpha value is -4.77. The number of amides is 3. The van der Waals surface area contributed by atoms with Crippen molar-refractivity contribution in [2.75, 3.05) is 17.7 Å². The summed E-state index contributed by atoms with van der Waals surface area (Å²) in [7, 11) is 1.57. The number of aromatic nitrogens is 2. The smallest absolute Gasteiger partial charge is 0.255 e. The average molecular weight is 575 g/mol. The van der Waals surface area contributed by atoms with Gasteiger partial charge in [0.05, 0.1) is 23.3 Å². The van der Waals surface area contributed by atoms with Crippen LogP contribution >= 0.6 is 11.6 Å². The molecule has 0 bridgehead atoms. The number of hydrogen-bond acceptors (Lipinski definition) is 8. The number of nitrogens with zero attached hydrogens (tertiary/aromatic N) is 3. The normalized spacial score (nSPS) is 16.5. The molecule has 6 rings (SSSR count). The average Bonchev–Trinajstić information content (AvgIpc) is 3.28. The zero-order valence-corrected chi connectivity index (χ0v) is 22.6. The summed E-state index contributed by atoms with van der Waals surface area (Å²) in [5.41, 5.74) is 4.20. The van der Waals surface area contributed by atoms with Crippen molar-refractivity contribution < 1.29 is 23.5 Å². The number of piperidine rings is 1. The van der Waals surface area contributed by atoms with Crippen LogP contribution in [0.25, 0.3) is 10.9 Å². The van der Waals surface area contributed by atoms with Gasteiger partial charge >= 0.3 is 0 Å². The van der Waals surface area contributed by atoms with Crippen LogP contribution in [0.1, 0.15) is 34.3 Å². The third-order valence-corrected chi connectivity index (χ3v) is 7.50. The topological polar surface area (TPSA) is 126 Å². The Morgan fingerprint density at radius 2 is 1.98 bits per heavy atom. The molecule has 4 aromatic rings. The second-order valence-corrected chi connectivity index (χ2v) is 10.2. The van der Waals surface area contributed by atoms with Crippen molar-refractivity contribution in [3.63, 3.8) is 0 Å². The van der Waals surface area contributed by atoms with Crippen LogP contribution in [0.2, 0.25) is 5.02 Å². The van der Waals surface area contributed by atoms with Gasteiger partial charge in [0.2, 0.25) is 11.8 Å². The first kappa shape index (κ1) is 26.5. The van der Waals surface area contributed by atoms with Crippen LogP contribution in [-0.4, -0.2) is 45.7 Å². The quantitative estimate of drug-likeness (QED) is 0.275. The van der Waals surface area contributed by atoms with Gasteiger partial charge in [0, 0.05) is 42.2 Å². The molecule has 3 amide bonds. The first-order valence-corrected chi connectivity index (χ1v) is 13.2. The zero-order chi connectivity index (χ0) is 28.7. The molecule has 2 aliphatic rings. The van der Waals surface area contributed by atoms with Crippen molar-refractivity contribution in [1.29, 1.82) is 0 Å². The van der Waals surface area contributed by atoms with Crippen molar-refractivity contribution >= 4 is 57.4 Å². The van der Waals surface area contributed by atoms with E-state index < -0.39 is 17.8 Å². The van der Waals surface area contributed by atoms with Gasteiger partial charge in [-0.1, -0.05) is 23.7 Å². The standard InChI is InChI=1S/C29H24ClFN6O4/c1-41-25-11-22-19(27(34-14-33-22)35-17-3-5-21(31)20(30)9-17)10-23(25)32-12-15-2-4-18-16(8-15)13-37(29(18)40)24-6-7-26(38)36-28(24)39/h2-5,8-11,14,24,32H,6-7,12-13H2,1H3,(H,33,34,35)(H,36,38,39). The molecule has 0 spiro atoms. The van der Waals surface area contributed by atoms with Crippen LogP contribution < -0.4 is 20.7 Å². The lowest BCUT2D eigenvalue weighted by Gasteiger charge is -2.29. The summed E-state index contributed by atoms with van der Waals surface area (Å²) in [6.45, 7) is 0.721. The maximum Gasteiger partial charge on any atom is 0.255 e. The Bertz CT molecular complexity index is 1730. The van der Waals surface area contributed by atoms with Crippen molar-refractivity contribution in [3.05, 3.63) is 82.4 Å². The van der Waals surface area contributed by atoms with Gasteiger partial charge in [-0.25, -0.2) is 14.4 Å². The third-order valence-electron chi connectivity index (χ3n) is 7.21. The highest BCUT2D eigenvalue weighted by molar-refractivity contribution is 6.31. The molecule has 41 heavy (non-hydrogen) atoms. The number of fused-ring (bicyclic) bond motifs is 2. The van der Waals surface area contributed by atoms with E-state index in [0.29, 0.717) is 58.9 Å². The van der Waals surface area contributed by atoms with Crippen molar-refractivity contribution in [2.24, 2.45) is 0 Å². The number of nitrogens with one attached hydrogen (secondary N) is 3. The second kappa shape index (κ2) is 10.7. The molecule has 3 heterocycles. The Morgan fingerprint density at radius 3 is 2.76 bits per heavy atom. The van der Waals surface area contributed by atoms with Crippen molar-refractivity contribution in [1.82, 2.24) is 20.2 Å². The molecular formula is C29H24ClFN6O4. The lowest BCUT2D eigenvalue weighted by Crippen LogP contribution is -2.52. The van der Waals surface area contributed by atoms with Gasteiger partial charge < -0.3 is 20.3 Å². The van der Waals surface area contributed by atoms with Gasteiger partial charge in [0.1, 0.15) is 29.8 Å². The Kier molecular flexibility index (Phi) is 6.88. The maximum atomic E-state index is 13.6. The number of methoxy groups -OCH3 is 1. The van der Waals surface area contributed by atoms with Gasteiger partial charge in [-0.2, -0.15) is 0 Å². The Morgan fingerprint density at radius 1 is 1.12 bits per heavy atom. The van der Waals surface area contributed by atoms with E-state index in [9.17, 15) is 18.8 Å². The van der Waals surface area contributed by atoms with Gasteiger partial charge in [0.15, 0.2) is 0 Å². The van der Waals surface area contributed by atoms with E-state index in [1.54, 1.807) is 25.3 Å². The molecule has 10 nitrogen and oxygen atoms in total. The molecule has 1 fully saturated rings. The number of ether oxygens (including phenoxy) is 1. The van der Waals surface area contributed by atoms with E-state index in [1.165, 1.54) is 23.4 Å². The van der Waals surface area contributed by atoms with Crippen molar-refractivity contribution in [3.8, 4) is 5.75 Å². The fraction of sp³-hybridized carbons (Fsp3) is 0.207. The number of rotatable bonds is 7. The molecule has 208 valence electrons. The summed E-state index contributed by atoms with van der Waals surface area (Å²) in [6.07, 6.45) is 1.95. The lowest BCUT2D eigenvalue weighted by molar-refractivity contribution is -0.136. The minimum atomic E-state index is -0.660. The zero-order valence-electron chi connectivity index (χ0n) is 21.8. The SMILES string of the molecule is COc1cc2ncnc(Nc3ccc(F)c(Cl)c3)c2cc1NCc1ccc2c(c1)CN(C1CCC(=O)NC1=O)C2=O. The molecule has 1 unspecified atom stereocenters. The Labute approximate surface area is 238 Å². The van der Waals surface area contributed by atoms with E-state index in [2.05, 4.69) is 25.9 Å². The fourth-order valence-electron chi connectivity index (χ4n) is 5.14. The summed E-state index contributed by atoms with van der Waals surface area (Å²) in [6, 6.07) is 12.9. The summed E-state index contributed by atoms with van der Waals surface area (Å²) >= 11 is 5.94. The number of anilines is 3. The van der Waals surface area contributed by atoms with Gasteiger partial charge in [-0.15, -0.1) is 0 Å². The highest BCUT2D eigenvalue weighted by Gasteiger charge is 2.39. The molecule has 1 atom stereocenters. The summed E-state index contributed by atoms with van der Waals surface area (Å²) in [5.74, 6) is -0.399. The number of benzene rings is 3. The number of carbonyl (C=O) groups excluding carboxylic acids is 3. The number of hydrogen-bond donors (Lipinski definition) is 3. The predicted molar refractivity (Wildman–Crippen MR) is 151 cm³/mol. The molecule has 0 radical (unpaired) electrons. The largest absolute Gasteiger partial charge is 0.495 e. The molecule has 2 aliphatic heterocycles. The van der Waals surface area contributed by atoms with E-state index in [1.807, 2.05) is 18.2 Å². The van der Waals surface area contributed by atoms with Crippen LogP contribution in [0.5, 0.6) is 5.75 Å². The van der Waals surface area contributed by atoms with E-state index in [4.69, 9.17) is 16.3 Å². The molecule has 12 heteroatoms. The first-order chi connectivity index (χ1) is 19.8. The van der Waals surface area contributed by atoms with Crippen LogP contribution in [-0.2, 0) is 22.7 Å². The number of carbonyl (C=O) groups is 3. The molecule has 3 aromatic carbocycles. The monoisotopic (exact) mass is 574 g/mol. The van der Waals surface area contributed by atoms with Crippen LogP contribution in [0.15, 0.2) is 54.9 Å². The minimum Gasteiger partial charge on any atom is -0.495 e. The minimum absolute atomic E-state index is 0.00587. The molecule has 0 saturated carbocycles. The predicted octanol–water partition coefficient (Wildman–Crippen LogP) is 4.55. The number of imide groups is 1. The van der Waals surface area contributed by atoms with Gasteiger partial charge in [-0.05, 0) is 47.9 Å².